The highest BCUT2D eigenvalue weighted by atomic mass is 32.2. The van der Waals surface area contributed by atoms with E-state index in [0.717, 1.165) is 15.3 Å². The Hall–Kier alpha value is -4.18. The minimum atomic E-state index is -2.87. The van der Waals surface area contributed by atoms with E-state index in [-0.39, 0.29) is 22.3 Å². The van der Waals surface area contributed by atoms with E-state index >= 15 is 0 Å². The van der Waals surface area contributed by atoms with Crippen LogP contribution in [0.4, 0.5) is 0 Å². The van der Waals surface area contributed by atoms with Crippen molar-refractivity contribution in [2.45, 2.75) is 67.2 Å². The van der Waals surface area contributed by atoms with Crippen molar-refractivity contribution in [1.29, 1.82) is 0 Å². The molecule has 3 atom stereocenters. The molecule has 1 aromatic heterocycles. The molecule has 7 nitrogen and oxygen atoms in total. The summed E-state index contributed by atoms with van der Waals surface area (Å²) in [5.74, 6) is -1.47. The smallest absolute Gasteiger partial charge is 0.341 e. The van der Waals surface area contributed by atoms with Gasteiger partial charge in [0, 0.05) is 17.9 Å². The number of thioether (sulfide) groups is 1. The molecule has 0 radical (unpaired) electrons. The molecule has 0 unspecified atom stereocenters. The van der Waals surface area contributed by atoms with Crippen molar-refractivity contribution in [3.8, 4) is 0 Å². The van der Waals surface area contributed by atoms with Gasteiger partial charge in [-0.25, -0.2) is 4.79 Å². The van der Waals surface area contributed by atoms with Gasteiger partial charge in [-0.05, 0) is 47.0 Å². The lowest BCUT2D eigenvalue weighted by atomic mass is 9.87. The number of hydrogen-bond donors (Lipinski definition) is 0. The number of ether oxygens (including phenoxy) is 2. The number of benzene rings is 3. The summed E-state index contributed by atoms with van der Waals surface area (Å²) in [5.41, 5.74) is 0.682. The molecule has 48 heavy (non-hydrogen) atoms. The van der Waals surface area contributed by atoms with Gasteiger partial charge in [0.25, 0.3) is 8.32 Å². The molecule has 0 bridgehead atoms. The zero-order chi connectivity index (χ0) is 34.5. The molecule has 1 aliphatic heterocycles. The number of furan rings is 1. The van der Waals surface area contributed by atoms with Gasteiger partial charge in [0.05, 0.1) is 13.0 Å². The van der Waals surface area contributed by atoms with Crippen LogP contribution in [0.5, 0.6) is 0 Å². The Labute approximate surface area is 287 Å². The molecule has 0 amide bonds. The van der Waals surface area contributed by atoms with Crippen molar-refractivity contribution >= 4 is 48.7 Å². The van der Waals surface area contributed by atoms with Crippen molar-refractivity contribution in [2.24, 2.45) is 0 Å². The summed E-state index contributed by atoms with van der Waals surface area (Å²) in [6.07, 6.45) is 0.539. The summed E-state index contributed by atoms with van der Waals surface area (Å²) in [6, 6.07) is 32.1. The van der Waals surface area contributed by atoms with Crippen LogP contribution in [0.2, 0.25) is 5.04 Å². The van der Waals surface area contributed by atoms with E-state index in [1.54, 1.807) is 0 Å². The molecule has 0 saturated carbocycles. The molecular formula is C39H42O7SSi. The largest absolute Gasteiger partial charge is 0.465 e. The Bertz CT molecular complexity index is 1710. The van der Waals surface area contributed by atoms with Crippen molar-refractivity contribution in [3.05, 3.63) is 126 Å². The first kappa shape index (κ1) is 35.1. The molecule has 1 aliphatic rings. The molecule has 1 saturated heterocycles. The van der Waals surface area contributed by atoms with Gasteiger partial charge >= 0.3 is 11.9 Å². The summed E-state index contributed by atoms with van der Waals surface area (Å²) in [4.78, 5) is 39.3. The molecule has 0 aliphatic carbocycles. The maximum atomic E-state index is 14.2. The summed E-state index contributed by atoms with van der Waals surface area (Å²) in [6.45, 7) is 13.0. The Morgan fingerprint density at radius 2 is 1.58 bits per heavy atom. The highest BCUT2D eigenvalue weighted by Crippen LogP contribution is 2.49. The molecule has 9 heteroatoms. The van der Waals surface area contributed by atoms with Crippen molar-refractivity contribution < 1.29 is 32.7 Å². The van der Waals surface area contributed by atoms with Gasteiger partial charge in [-0.3, -0.25) is 9.59 Å². The van der Waals surface area contributed by atoms with E-state index in [2.05, 4.69) is 75.9 Å². The molecule has 1 fully saturated rings. The highest BCUT2D eigenvalue weighted by molar-refractivity contribution is 8.01. The van der Waals surface area contributed by atoms with Crippen LogP contribution in [0.3, 0.4) is 0 Å². The van der Waals surface area contributed by atoms with E-state index in [9.17, 15) is 14.4 Å². The summed E-state index contributed by atoms with van der Waals surface area (Å²) in [7, 11) is -1.63. The Balaban J connectivity index is 1.52. The number of aldehydes is 1. The SMILES string of the molecule is C=C(C)[C@H](c1cc(C(=O)OC)c(C=O)o1)[C@H]1C[C@](CCO[Si](c2ccccc2)(c2ccccc2)C(C)(C)C)(Sc2ccccc2)C(=O)O1. The number of carbonyl (C=O) groups is 3. The number of hydrogen-bond acceptors (Lipinski definition) is 8. The average molecular weight is 683 g/mol. The second kappa shape index (κ2) is 14.5. The third-order valence-electron chi connectivity index (χ3n) is 8.96. The van der Waals surface area contributed by atoms with Crippen LogP contribution in [0, 0.1) is 0 Å². The lowest BCUT2D eigenvalue weighted by Crippen LogP contribution is -2.66. The topological polar surface area (TPSA) is 92.0 Å². The van der Waals surface area contributed by atoms with E-state index in [0.29, 0.717) is 37.1 Å². The number of rotatable bonds is 13. The fourth-order valence-corrected chi connectivity index (χ4v) is 12.6. The molecule has 0 spiro atoms. The number of carbonyl (C=O) groups excluding carboxylic acids is 3. The third-order valence-corrected chi connectivity index (χ3v) is 15.4. The minimum absolute atomic E-state index is 0.0155. The van der Waals surface area contributed by atoms with Crippen molar-refractivity contribution in [3.63, 3.8) is 0 Å². The number of methoxy groups -OCH3 is 1. The lowest BCUT2D eigenvalue weighted by molar-refractivity contribution is -0.144. The fraction of sp³-hybridized carbons (Fsp3) is 0.308. The summed E-state index contributed by atoms with van der Waals surface area (Å²) < 4.78 is 23.1. The van der Waals surface area contributed by atoms with Crippen LogP contribution >= 0.6 is 11.8 Å². The van der Waals surface area contributed by atoms with Gasteiger partial charge in [-0.15, -0.1) is 11.8 Å². The molecule has 4 aromatic rings. The van der Waals surface area contributed by atoms with E-state index in [4.69, 9.17) is 18.3 Å². The first-order chi connectivity index (χ1) is 23.0. The van der Waals surface area contributed by atoms with Crippen LogP contribution in [0.25, 0.3) is 0 Å². The van der Waals surface area contributed by atoms with E-state index in [1.165, 1.54) is 24.9 Å². The van der Waals surface area contributed by atoms with Gasteiger partial charge in [0.15, 0.2) is 12.0 Å². The highest BCUT2D eigenvalue weighted by Gasteiger charge is 2.55. The molecule has 3 aromatic carbocycles. The Morgan fingerprint density at radius 3 is 2.08 bits per heavy atom. The average Bonchev–Trinajstić information content (AvgIpc) is 3.64. The first-order valence-corrected chi connectivity index (χ1v) is 18.7. The maximum Gasteiger partial charge on any atom is 0.341 e. The van der Waals surface area contributed by atoms with Crippen LogP contribution in [0.1, 0.15) is 73.1 Å². The standard InChI is InChI=1S/C39H42O7SSi/c1-27(2)35(32-24-31(36(41)43-6)34(26-40)45-32)33-25-39(37(42)46-33,47-28-16-10-7-11-17-28)22-23-44-48(38(3,4)5,29-18-12-8-13-19-29)30-20-14-9-15-21-30/h7-21,24,26,33,35H,1,22-23,25H2,2-6H3/t33-,35-,39+/m1/s1. The van der Waals surface area contributed by atoms with Gasteiger partial charge in [-0.2, -0.15) is 0 Å². The van der Waals surface area contributed by atoms with Gasteiger partial charge in [-0.1, -0.05) is 112 Å². The van der Waals surface area contributed by atoms with E-state index < -0.39 is 31.1 Å². The Kier molecular flexibility index (Phi) is 10.6. The van der Waals surface area contributed by atoms with Crippen molar-refractivity contribution in [1.82, 2.24) is 0 Å². The quantitative estimate of drug-likeness (QED) is 0.0626. The van der Waals surface area contributed by atoms with Crippen LogP contribution in [0.15, 0.2) is 119 Å². The van der Waals surface area contributed by atoms with Gasteiger partial charge in [0.1, 0.15) is 22.2 Å². The second-order valence-electron chi connectivity index (χ2n) is 13.2. The van der Waals surface area contributed by atoms with Gasteiger partial charge in [0.2, 0.25) is 0 Å². The third kappa shape index (κ3) is 6.85. The molecule has 0 N–H and O–H groups in total. The zero-order valence-electron chi connectivity index (χ0n) is 28.1. The minimum Gasteiger partial charge on any atom is -0.465 e. The van der Waals surface area contributed by atoms with Crippen LogP contribution in [-0.2, 0) is 18.7 Å². The second-order valence-corrected chi connectivity index (χ2v) is 18.9. The molecule has 5 rings (SSSR count). The predicted molar refractivity (Wildman–Crippen MR) is 191 cm³/mol. The van der Waals surface area contributed by atoms with Crippen LogP contribution < -0.4 is 10.4 Å². The predicted octanol–water partition coefficient (Wildman–Crippen LogP) is 7.35. The lowest BCUT2D eigenvalue weighted by Gasteiger charge is -2.43. The van der Waals surface area contributed by atoms with E-state index in [1.807, 2.05) is 49.4 Å². The normalized spacial score (nSPS) is 18.6. The monoisotopic (exact) mass is 682 g/mol. The first-order valence-electron chi connectivity index (χ1n) is 16.0. The summed E-state index contributed by atoms with van der Waals surface area (Å²) >= 11 is 1.48. The van der Waals surface area contributed by atoms with Crippen molar-refractivity contribution in [2.75, 3.05) is 13.7 Å². The van der Waals surface area contributed by atoms with Gasteiger partial charge < -0.3 is 18.3 Å². The Morgan fingerprint density at radius 1 is 1.02 bits per heavy atom. The van der Waals surface area contributed by atoms with Crippen LogP contribution in [-0.4, -0.2) is 51.1 Å². The number of esters is 2. The fourth-order valence-electron chi connectivity index (χ4n) is 6.74. The molecule has 250 valence electrons. The maximum absolute atomic E-state index is 14.2. The number of cyclic esters (lactones) is 1. The molecule has 2 heterocycles. The molecular weight excluding hydrogens is 641 g/mol. The zero-order valence-corrected chi connectivity index (χ0v) is 29.9. The summed E-state index contributed by atoms with van der Waals surface area (Å²) in [5, 5.41) is 2.09.